The Balaban J connectivity index is 1.91. The van der Waals surface area contributed by atoms with E-state index in [2.05, 4.69) is 4.98 Å². The number of thiazole rings is 1. The fraction of sp³-hybridized carbons (Fsp3) is 0.692. The van der Waals surface area contributed by atoms with Crippen LogP contribution in [0.5, 0.6) is 0 Å². The number of carbonyl (C=O) groups excluding carboxylic acids is 1. The highest BCUT2D eigenvalue weighted by Crippen LogP contribution is 2.25. The van der Waals surface area contributed by atoms with Crippen LogP contribution in [0.1, 0.15) is 36.3 Å². The van der Waals surface area contributed by atoms with Crippen molar-refractivity contribution in [1.29, 1.82) is 0 Å². The van der Waals surface area contributed by atoms with E-state index < -0.39 is 0 Å². The van der Waals surface area contributed by atoms with Gasteiger partial charge >= 0.3 is 0 Å². The summed E-state index contributed by atoms with van der Waals surface area (Å²) in [6.45, 7) is 2.67. The Morgan fingerprint density at radius 3 is 2.72 bits per heavy atom. The summed E-state index contributed by atoms with van der Waals surface area (Å²) in [6.07, 6.45) is 3.83. The first-order chi connectivity index (χ1) is 8.58. The zero-order valence-electron chi connectivity index (χ0n) is 11.1. The lowest BCUT2D eigenvalue weighted by Gasteiger charge is -2.28. The molecule has 1 aliphatic carbocycles. The molecule has 0 bridgehead atoms. The van der Waals surface area contributed by atoms with E-state index in [1.165, 1.54) is 4.88 Å². The van der Waals surface area contributed by atoms with E-state index in [1.807, 2.05) is 24.4 Å². The van der Waals surface area contributed by atoms with Gasteiger partial charge in [0.15, 0.2) is 0 Å². The third kappa shape index (κ3) is 3.09. The third-order valence-corrected chi connectivity index (χ3v) is 4.64. The van der Waals surface area contributed by atoms with Crippen molar-refractivity contribution in [2.45, 2.75) is 45.2 Å². The molecule has 0 unspecified atom stereocenters. The van der Waals surface area contributed by atoms with Gasteiger partial charge in [-0.1, -0.05) is 0 Å². The number of aryl methyl sites for hydroxylation is 1. The number of nitrogens with zero attached hydrogens (tertiary/aromatic N) is 2. The van der Waals surface area contributed by atoms with Crippen LogP contribution in [0.25, 0.3) is 0 Å². The molecule has 0 spiro atoms. The van der Waals surface area contributed by atoms with Gasteiger partial charge in [-0.15, -0.1) is 11.3 Å². The van der Waals surface area contributed by atoms with Gasteiger partial charge in [-0.25, -0.2) is 4.98 Å². The van der Waals surface area contributed by atoms with Gasteiger partial charge in [0.25, 0.3) is 0 Å². The van der Waals surface area contributed by atoms with Crippen LogP contribution in [-0.2, 0) is 11.3 Å². The Bertz CT molecular complexity index is 410. The van der Waals surface area contributed by atoms with Crippen LogP contribution in [0, 0.1) is 12.8 Å². The van der Waals surface area contributed by atoms with Crippen molar-refractivity contribution in [2.75, 3.05) is 7.05 Å². The van der Waals surface area contributed by atoms with Crippen molar-refractivity contribution in [3.8, 4) is 0 Å². The van der Waals surface area contributed by atoms with Crippen LogP contribution >= 0.6 is 11.3 Å². The fourth-order valence-corrected chi connectivity index (χ4v) is 3.28. The van der Waals surface area contributed by atoms with E-state index in [0.29, 0.717) is 12.6 Å². The van der Waals surface area contributed by atoms with Gasteiger partial charge < -0.3 is 10.6 Å². The summed E-state index contributed by atoms with van der Waals surface area (Å²) in [5, 5.41) is 0. The molecule has 0 radical (unpaired) electrons. The predicted octanol–water partition coefficient (Wildman–Crippen LogP) is 1.93. The quantitative estimate of drug-likeness (QED) is 0.910. The van der Waals surface area contributed by atoms with Crippen LogP contribution in [-0.4, -0.2) is 28.9 Å². The van der Waals surface area contributed by atoms with Crippen molar-refractivity contribution in [2.24, 2.45) is 11.7 Å². The molecule has 2 N–H and O–H groups in total. The SMILES string of the molecule is Cc1ncsc1CN(C)C(=O)C1CCC(N)CC1. The van der Waals surface area contributed by atoms with Gasteiger partial charge in [-0.3, -0.25) is 4.79 Å². The zero-order valence-corrected chi connectivity index (χ0v) is 11.9. The first-order valence-corrected chi connectivity index (χ1v) is 7.35. The number of nitrogens with two attached hydrogens (primary N) is 1. The maximum absolute atomic E-state index is 12.3. The number of hydrogen-bond acceptors (Lipinski definition) is 4. The second kappa shape index (κ2) is 5.80. The molecule has 100 valence electrons. The predicted molar refractivity (Wildman–Crippen MR) is 73.3 cm³/mol. The molecule has 1 aromatic heterocycles. The molecule has 4 nitrogen and oxygen atoms in total. The van der Waals surface area contributed by atoms with Crippen molar-refractivity contribution < 1.29 is 4.79 Å². The number of carbonyl (C=O) groups is 1. The summed E-state index contributed by atoms with van der Waals surface area (Å²) in [5.41, 5.74) is 8.74. The van der Waals surface area contributed by atoms with Crippen molar-refractivity contribution in [3.63, 3.8) is 0 Å². The van der Waals surface area contributed by atoms with Crippen molar-refractivity contribution in [3.05, 3.63) is 16.1 Å². The van der Waals surface area contributed by atoms with Crippen LogP contribution in [0.2, 0.25) is 0 Å². The van der Waals surface area contributed by atoms with Gasteiger partial charge in [0.1, 0.15) is 0 Å². The summed E-state index contributed by atoms with van der Waals surface area (Å²) in [6, 6.07) is 0.295. The Morgan fingerprint density at radius 1 is 1.50 bits per heavy atom. The lowest BCUT2D eigenvalue weighted by atomic mass is 9.85. The molecule has 0 saturated heterocycles. The lowest BCUT2D eigenvalue weighted by Crippen LogP contribution is -2.37. The molecular weight excluding hydrogens is 246 g/mol. The average Bonchev–Trinajstić information content (AvgIpc) is 2.75. The molecule has 1 aliphatic rings. The van der Waals surface area contributed by atoms with E-state index in [-0.39, 0.29) is 11.8 Å². The second-order valence-electron chi connectivity index (χ2n) is 5.17. The number of aromatic nitrogens is 1. The summed E-state index contributed by atoms with van der Waals surface area (Å²) in [5.74, 6) is 0.428. The maximum Gasteiger partial charge on any atom is 0.225 e. The van der Waals surface area contributed by atoms with E-state index in [1.54, 1.807) is 11.3 Å². The normalized spacial score (nSPS) is 23.9. The highest BCUT2D eigenvalue weighted by atomic mass is 32.1. The maximum atomic E-state index is 12.3. The number of amides is 1. The molecule has 1 heterocycles. The Kier molecular flexibility index (Phi) is 4.35. The minimum atomic E-state index is 0.169. The fourth-order valence-electron chi connectivity index (χ4n) is 2.45. The lowest BCUT2D eigenvalue weighted by molar-refractivity contribution is -0.135. The monoisotopic (exact) mass is 267 g/mol. The molecule has 5 heteroatoms. The van der Waals surface area contributed by atoms with Crippen LogP contribution in [0.3, 0.4) is 0 Å². The molecular formula is C13H21N3OS. The average molecular weight is 267 g/mol. The largest absolute Gasteiger partial charge is 0.340 e. The first-order valence-electron chi connectivity index (χ1n) is 6.47. The summed E-state index contributed by atoms with van der Waals surface area (Å²) < 4.78 is 0. The van der Waals surface area contributed by atoms with Crippen molar-refractivity contribution in [1.82, 2.24) is 9.88 Å². The van der Waals surface area contributed by atoms with Crippen molar-refractivity contribution >= 4 is 17.2 Å². The molecule has 2 rings (SSSR count). The number of hydrogen-bond donors (Lipinski definition) is 1. The van der Waals surface area contributed by atoms with E-state index in [0.717, 1.165) is 31.4 Å². The Hall–Kier alpha value is -0.940. The standard InChI is InChI=1S/C13H21N3OS/c1-9-12(18-8-15-9)7-16(2)13(17)10-3-5-11(14)6-4-10/h8,10-11H,3-7,14H2,1-2H3. The smallest absolute Gasteiger partial charge is 0.225 e. The van der Waals surface area contributed by atoms with E-state index >= 15 is 0 Å². The van der Waals surface area contributed by atoms with Crippen LogP contribution in [0.4, 0.5) is 0 Å². The minimum absolute atomic E-state index is 0.169. The third-order valence-electron chi connectivity index (χ3n) is 3.72. The molecule has 18 heavy (non-hydrogen) atoms. The van der Waals surface area contributed by atoms with Crippen LogP contribution < -0.4 is 5.73 Å². The molecule has 1 amide bonds. The number of rotatable bonds is 3. The zero-order chi connectivity index (χ0) is 13.1. The molecule has 1 aromatic rings. The van der Waals surface area contributed by atoms with E-state index in [4.69, 9.17) is 5.73 Å². The van der Waals surface area contributed by atoms with Gasteiger partial charge in [-0.05, 0) is 32.6 Å². The molecule has 0 aromatic carbocycles. The Morgan fingerprint density at radius 2 is 2.17 bits per heavy atom. The molecule has 1 fully saturated rings. The second-order valence-corrected chi connectivity index (χ2v) is 6.11. The first kappa shape index (κ1) is 13.5. The van der Waals surface area contributed by atoms with Gasteiger partial charge in [0, 0.05) is 23.9 Å². The topological polar surface area (TPSA) is 59.2 Å². The highest BCUT2D eigenvalue weighted by Gasteiger charge is 2.27. The highest BCUT2D eigenvalue weighted by molar-refractivity contribution is 7.09. The minimum Gasteiger partial charge on any atom is -0.340 e. The molecule has 1 saturated carbocycles. The Labute approximate surface area is 112 Å². The van der Waals surface area contributed by atoms with Gasteiger partial charge in [0.2, 0.25) is 5.91 Å². The molecule has 0 atom stereocenters. The van der Waals surface area contributed by atoms with Gasteiger partial charge in [-0.2, -0.15) is 0 Å². The summed E-state index contributed by atoms with van der Waals surface area (Å²) >= 11 is 1.62. The van der Waals surface area contributed by atoms with Gasteiger partial charge in [0.05, 0.1) is 17.7 Å². The van der Waals surface area contributed by atoms with E-state index in [9.17, 15) is 4.79 Å². The molecule has 0 aliphatic heterocycles. The summed E-state index contributed by atoms with van der Waals surface area (Å²) in [4.78, 5) is 19.5. The summed E-state index contributed by atoms with van der Waals surface area (Å²) in [7, 11) is 1.88. The van der Waals surface area contributed by atoms with Crippen LogP contribution in [0.15, 0.2) is 5.51 Å².